The van der Waals surface area contributed by atoms with Crippen molar-refractivity contribution in [2.45, 2.75) is 34.7 Å². The van der Waals surface area contributed by atoms with Gasteiger partial charge in [0.1, 0.15) is 17.1 Å². The van der Waals surface area contributed by atoms with E-state index in [1.807, 2.05) is 96.4 Å². The van der Waals surface area contributed by atoms with Crippen LogP contribution in [0.1, 0.15) is 28.5 Å². The van der Waals surface area contributed by atoms with E-state index in [-0.39, 0.29) is 36.3 Å². The summed E-state index contributed by atoms with van der Waals surface area (Å²) in [5, 5.41) is 4.27. The van der Waals surface area contributed by atoms with Crippen molar-refractivity contribution < 1.29 is 28.7 Å². The summed E-state index contributed by atoms with van der Waals surface area (Å²) in [6.07, 6.45) is -0.399. The van der Waals surface area contributed by atoms with Gasteiger partial charge in [-0.05, 0) is 16.7 Å². The molecule has 50 heavy (non-hydrogen) atoms. The highest BCUT2D eigenvalue weighted by Crippen LogP contribution is 2.46. The van der Waals surface area contributed by atoms with Crippen molar-refractivity contribution in [2.75, 3.05) is 32.1 Å². The number of β-lactam (4-membered cyclic amide) rings is 1. The first kappa shape index (κ1) is 34.0. The molecule has 0 saturated carbocycles. The number of morpholine rings is 1. The molecular weight excluding hydrogens is 693 g/mol. The number of hydrogen-bond acceptors (Lipinski definition) is 10. The smallest absolute Gasteiger partial charge is 0.356 e. The minimum Gasteiger partial charge on any atom is -0.448 e. The molecule has 3 amide bonds. The molecule has 13 heteroatoms. The number of nitrogens with one attached hydrogen (secondary N) is 1. The quantitative estimate of drug-likeness (QED) is 0.172. The number of amides is 3. The Bertz CT molecular complexity index is 1840. The second-order valence-corrected chi connectivity index (χ2v) is 15.2. The summed E-state index contributed by atoms with van der Waals surface area (Å²) in [7, 11) is 0. The van der Waals surface area contributed by atoms with Crippen molar-refractivity contribution >= 4 is 58.6 Å². The minimum absolute atomic E-state index is 0.00547. The maximum Gasteiger partial charge on any atom is 0.356 e. The van der Waals surface area contributed by atoms with Gasteiger partial charge < -0.3 is 19.7 Å². The van der Waals surface area contributed by atoms with Gasteiger partial charge in [-0.3, -0.25) is 19.3 Å². The molecule has 0 radical (unpaired) electrons. The highest BCUT2D eigenvalue weighted by atomic mass is 32.2. The van der Waals surface area contributed by atoms with E-state index in [1.54, 1.807) is 4.90 Å². The van der Waals surface area contributed by atoms with Crippen LogP contribution in [0.2, 0.25) is 0 Å². The number of hydrogen-bond donors (Lipinski definition) is 1. The van der Waals surface area contributed by atoms with Crippen LogP contribution in [0.3, 0.4) is 0 Å². The number of thiazole rings is 1. The highest BCUT2D eigenvalue weighted by molar-refractivity contribution is 8.07. The van der Waals surface area contributed by atoms with Gasteiger partial charge in [-0.25, -0.2) is 9.78 Å². The lowest BCUT2D eigenvalue weighted by atomic mass is 10.0. The van der Waals surface area contributed by atoms with Crippen LogP contribution in [-0.4, -0.2) is 81.9 Å². The molecule has 2 atom stereocenters. The Labute approximate surface area is 302 Å². The number of nitrogens with zero attached hydrogens (tertiary/aromatic N) is 3. The molecule has 0 bridgehead atoms. The fourth-order valence-electron chi connectivity index (χ4n) is 6.01. The molecular formula is C37H34N4O6S3. The number of rotatable bonds is 11. The number of fused-ring (bicyclic) bond motifs is 1. The summed E-state index contributed by atoms with van der Waals surface area (Å²) in [5.41, 5.74) is 3.22. The van der Waals surface area contributed by atoms with Gasteiger partial charge in [0.2, 0.25) is 11.8 Å². The summed E-state index contributed by atoms with van der Waals surface area (Å²) in [6.45, 7) is 2.17. The van der Waals surface area contributed by atoms with Crippen LogP contribution in [0, 0.1) is 0 Å². The number of ether oxygens (including phenoxy) is 2. The van der Waals surface area contributed by atoms with Crippen LogP contribution in [0.15, 0.2) is 111 Å². The standard InChI is InChI=1S/C37H34N4O6S3/c42-29(20-24-10-4-1-5-11-24)39-31-34(44)41-32(36(45)47-33(25-12-6-2-7-13-25)26-14-8-3-9-15-26)28(23-48-35(31)41)50-37-38-27(22-49-37)21-30(43)40-16-18-46-19-17-40/h1-15,22,31,33,35H,16-21,23H2,(H,39,42)/t31-,35-/m1/s1. The van der Waals surface area contributed by atoms with Gasteiger partial charge in [0.25, 0.3) is 5.91 Å². The normalized spacial score (nSPS) is 18.8. The second kappa shape index (κ2) is 15.6. The topological polar surface area (TPSA) is 118 Å². The van der Waals surface area contributed by atoms with E-state index in [0.717, 1.165) is 16.7 Å². The van der Waals surface area contributed by atoms with Gasteiger partial charge in [0.05, 0.1) is 31.7 Å². The molecule has 2 saturated heterocycles. The number of carbonyl (C=O) groups is 4. The third-order valence-electron chi connectivity index (χ3n) is 8.52. The fourth-order valence-corrected chi connectivity index (χ4v) is 9.48. The number of thioether (sulfide) groups is 2. The zero-order valence-electron chi connectivity index (χ0n) is 26.9. The molecule has 3 aliphatic heterocycles. The van der Waals surface area contributed by atoms with Crippen LogP contribution in [0.5, 0.6) is 0 Å². The molecule has 4 aromatic rings. The van der Waals surface area contributed by atoms with Gasteiger partial charge in [-0.1, -0.05) is 103 Å². The van der Waals surface area contributed by atoms with E-state index < -0.39 is 23.5 Å². The van der Waals surface area contributed by atoms with E-state index in [4.69, 9.17) is 14.5 Å². The number of carbonyl (C=O) groups excluding carboxylic acids is 4. The number of aromatic nitrogens is 1. The predicted molar refractivity (Wildman–Crippen MR) is 192 cm³/mol. The van der Waals surface area contributed by atoms with Gasteiger partial charge in [0.15, 0.2) is 10.4 Å². The van der Waals surface area contributed by atoms with E-state index in [1.165, 1.54) is 39.8 Å². The molecule has 7 rings (SSSR count). The fraction of sp³-hybridized carbons (Fsp3) is 0.270. The molecule has 2 fully saturated rings. The van der Waals surface area contributed by atoms with Crippen LogP contribution < -0.4 is 5.32 Å². The van der Waals surface area contributed by atoms with E-state index in [2.05, 4.69) is 5.32 Å². The average molecular weight is 727 g/mol. The van der Waals surface area contributed by atoms with Crippen molar-refractivity contribution in [3.63, 3.8) is 0 Å². The van der Waals surface area contributed by atoms with Crippen molar-refractivity contribution in [3.8, 4) is 0 Å². The maximum atomic E-state index is 14.3. The van der Waals surface area contributed by atoms with Crippen LogP contribution >= 0.6 is 34.9 Å². The Morgan fingerprint density at radius 1 is 0.920 bits per heavy atom. The predicted octanol–water partition coefficient (Wildman–Crippen LogP) is 4.82. The third kappa shape index (κ3) is 7.65. The molecule has 10 nitrogen and oxygen atoms in total. The van der Waals surface area contributed by atoms with Crippen molar-refractivity contribution in [3.05, 3.63) is 129 Å². The van der Waals surface area contributed by atoms with Crippen LogP contribution in [0.4, 0.5) is 0 Å². The molecule has 0 unspecified atom stereocenters. The summed E-state index contributed by atoms with van der Waals surface area (Å²) < 4.78 is 12.3. The lowest BCUT2D eigenvalue weighted by Crippen LogP contribution is -2.70. The van der Waals surface area contributed by atoms with Crippen molar-refractivity contribution in [1.29, 1.82) is 0 Å². The SMILES string of the molecule is O=C(Cc1ccccc1)N[C@@H]1C(=O)N2C(C(=O)OC(c3ccccc3)c3ccccc3)=C(Sc3nc(CC(=O)N4CCOCC4)cs3)CS[C@H]12. The average Bonchev–Trinajstić information content (AvgIpc) is 3.60. The maximum absolute atomic E-state index is 14.3. The van der Waals surface area contributed by atoms with E-state index in [9.17, 15) is 19.2 Å². The Balaban J connectivity index is 1.14. The molecule has 1 aromatic heterocycles. The highest BCUT2D eigenvalue weighted by Gasteiger charge is 2.55. The number of benzene rings is 3. The van der Waals surface area contributed by atoms with Gasteiger partial charge in [0, 0.05) is 29.1 Å². The Morgan fingerprint density at radius 2 is 1.56 bits per heavy atom. The first-order valence-electron chi connectivity index (χ1n) is 16.2. The summed E-state index contributed by atoms with van der Waals surface area (Å²) in [5.74, 6) is -0.887. The number of esters is 1. The lowest BCUT2D eigenvalue weighted by molar-refractivity contribution is -0.154. The van der Waals surface area contributed by atoms with E-state index in [0.29, 0.717) is 47.0 Å². The molecule has 256 valence electrons. The molecule has 0 spiro atoms. The Morgan fingerprint density at radius 3 is 2.22 bits per heavy atom. The van der Waals surface area contributed by atoms with E-state index >= 15 is 0 Å². The van der Waals surface area contributed by atoms with Crippen molar-refractivity contribution in [1.82, 2.24) is 20.1 Å². The van der Waals surface area contributed by atoms with Crippen molar-refractivity contribution in [2.24, 2.45) is 0 Å². The Hall–Kier alpha value is -4.43. The third-order valence-corrected chi connectivity index (χ3v) is 12.1. The molecule has 3 aromatic carbocycles. The molecule has 3 aliphatic rings. The summed E-state index contributed by atoms with van der Waals surface area (Å²) >= 11 is 4.16. The van der Waals surface area contributed by atoms with Gasteiger partial charge >= 0.3 is 5.97 Å². The zero-order chi connectivity index (χ0) is 34.5. The Kier molecular flexibility index (Phi) is 10.6. The molecule has 0 aliphatic carbocycles. The molecule has 4 heterocycles. The van der Waals surface area contributed by atoms with Crippen LogP contribution in [-0.2, 0) is 41.5 Å². The first-order valence-corrected chi connectivity index (χ1v) is 19.0. The largest absolute Gasteiger partial charge is 0.448 e. The molecule has 1 N–H and O–H groups in total. The second-order valence-electron chi connectivity index (χ2n) is 11.9. The lowest BCUT2D eigenvalue weighted by Gasteiger charge is -2.49. The zero-order valence-corrected chi connectivity index (χ0v) is 29.4. The van der Waals surface area contributed by atoms with Gasteiger partial charge in [-0.15, -0.1) is 23.1 Å². The van der Waals surface area contributed by atoms with Crippen LogP contribution in [0.25, 0.3) is 0 Å². The minimum atomic E-state index is -0.776. The monoisotopic (exact) mass is 726 g/mol. The summed E-state index contributed by atoms with van der Waals surface area (Å²) in [6, 6.07) is 27.5. The first-order chi connectivity index (χ1) is 24.4. The summed E-state index contributed by atoms with van der Waals surface area (Å²) in [4.78, 5) is 62.5. The van der Waals surface area contributed by atoms with Gasteiger partial charge in [-0.2, -0.15) is 0 Å².